The first kappa shape index (κ1) is 14.8. The van der Waals surface area contributed by atoms with E-state index in [0.717, 1.165) is 0 Å². The van der Waals surface area contributed by atoms with Gasteiger partial charge in [-0.05, 0) is 6.42 Å². The van der Waals surface area contributed by atoms with Crippen LogP contribution in [-0.4, -0.2) is 28.2 Å². The fourth-order valence-corrected chi connectivity index (χ4v) is 0.855. The Hall–Kier alpha value is -0.670. The summed E-state index contributed by atoms with van der Waals surface area (Å²) < 4.78 is 0. The summed E-state index contributed by atoms with van der Waals surface area (Å²) in [7, 11) is 2.04. The SMILES string of the molecule is CC.O=C(O)CCC(NP)C(=O)O. The van der Waals surface area contributed by atoms with Gasteiger partial charge in [0.2, 0.25) is 0 Å². The molecule has 0 bridgehead atoms. The smallest absolute Gasteiger partial charge is 0.320 e. The van der Waals surface area contributed by atoms with Gasteiger partial charge in [-0.15, -0.1) is 0 Å². The molecule has 3 N–H and O–H groups in total. The van der Waals surface area contributed by atoms with Gasteiger partial charge in [-0.1, -0.05) is 23.2 Å². The van der Waals surface area contributed by atoms with Crippen LogP contribution >= 0.6 is 9.39 Å². The lowest BCUT2D eigenvalue weighted by atomic mass is 10.2. The molecule has 13 heavy (non-hydrogen) atoms. The first-order valence-corrected chi connectivity index (χ1v) is 4.56. The molecule has 0 aliphatic heterocycles. The van der Waals surface area contributed by atoms with E-state index in [9.17, 15) is 9.59 Å². The summed E-state index contributed by atoms with van der Waals surface area (Å²) in [4.78, 5) is 20.3. The third-order valence-electron chi connectivity index (χ3n) is 1.15. The van der Waals surface area contributed by atoms with Crippen LogP contribution < -0.4 is 5.09 Å². The molecular weight excluding hydrogens is 193 g/mol. The Morgan fingerprint density at radius 2 is 1.85 bits per heavy atom. The normalized spacial score (nSPS) is 11.0. The van der Waals surface area contributed by atoms with E-state index < -0.39 is 18.0 Å². The predicted molar refractivity (Wildman–Crippen MR) is 52.5 cm³/mol. The maximum Gasteiger partial charge on any atom is 0.320 e. The van der Waals surface area contributed by atoms with Crippen molar-refractivity contribution in [2.75, 3.05) is 0 Å². The summed E-state index contributed by atoms with van der Waals surface area (Å²) in [6.07, 6.45) is -0.0491. The molecule has 0 spiro atoms. The first-order chi connectivity index (χ1) is 6.07. The average Bonchev–Trinajstić information content (AvgIpc) is 2.08. The van der Waals surface area contributed by atoms with E-state index in [1.807, 2.05) is 23.2 Å². The zero-order valence-corrected chi connectivity index (χ0v) is 8.93. The third kappa shape index (κ3) is 9.24. The summed E-state index contributed by atoms with van der Waals surface area (Å²) >= 11 is 0. The summed E-state index contributed by atoms with van der Waals surface area (Å²) in [5.74, 6) is -2.03. The van der Waals surface area contributed by atoms with E-state index >= 15 is 0 Å². The van der Waals surface area contributed by atoms with Gasteiger partial charge in [0.05, 0.1) is 0 Å². The van der Waals surface area contributed by atoms with Crippen LogP contribution in [0.3, 0.4) is 0 Å². The van der Waals surface area contributed by atoms with Crippen LogP contribution in [0.4, 0.5) is 0 Å². The molecule has 0 fully saturated rings. The molecule has 0 saturated heterocycles. The molecule has 0 aromatic heterocycles. The number of hydrogen-bond donors (Lipinski definition) is 3. The van der Waals surface area contributed by atoms with Crippen molar-refractivity contribution in [1.82, 2.24) is 5.09 Å². The fraction of sp³-hybridized carbons (Fsp3) is 0.714. The Bertz CT molecular complexity index is 163. The van der Waals surface area contributed by atoms with Gasteiger partial charge in [0.1, 0.15) is 6.04 Å². The van der Waals surface area contributed by atoms with Crippen molar-refractivity contribution in [3.8, 4) is 0 Å². The predicted octanol–water partition coefficient (Wildman–Crippen LogP) is 0.710. The van der Waals surface area contributed by atoms with Crippen LogP contribution in [0.15, 0.2) is 0 Å². The molecule has 0 heterocycles. The van der Waals surface area contributed by atoms with Gasteiger partial charge in [0.15, 0.2) is 0 Å². The number of aliphatic carboxylic acids is 2. The first-order valence-electron chi connectivity index (χ1n) is 3.98. The lowest BCUT2D eigenvalue weighted by molar-refractivity contribution is -0.140. The highest BCUT2D eigenvalue weighted by molar-refractivity contribution is 7.13. The second-order valence-electron chi connectivity index (χ2n) is 1.99. The number of hydrogen-bond acceptors (Lipinski definition) is 3. The van der Waals surface area contributed by atoms with Gasteiger partial charge < -0.3 is 10.2 Å². The molecule has 0 aliphatic carbocycles. The van der Waals surface area contributed by atoms with Crippen LogP contribution in [0, 0.1) is 0 Å². The minimum absolute atomic E-state index is 0.0914. The molecule has 6 heteroatoms. The zero-order chi connectivity index (χ0) is 10.9. The number of carbonyl (C=O) groups is 2. The molecule has 0 aromatic carbocycles. The molecular formula is C7H16NO4P. The van der Waals surface area contributed by atoms with Crippen molar-refractivity contribution in [3.63, 3.8) is 0 Å². The van der Waals surface area contributed by atoms with Gasteiger partial charge >= 0.3 is 11.9 Å². The Morgan fingerprint density at radius 3 is 2.08 bits per heavy atom. The quantitative estimate of drug-likeness (QED) is 0.580. The van der Waals surface area contributed by atoms with Crippen molar-refractivity contribution in [1.29, 1.82) is 0 Å². The Labute approximate surface area is 79.8 Å². The molecule has 0 rings (SSSR count). The van der Waals surface area contributed by atoms with Gasteiger partial charge in [-0.2, -0.15) is 0 Å². The van der Waals surface area contributed by atoms with Crippen molar-refractivity contribution in [2.24, 2.45) is 0 Å². The standard InChI is InChI=1S/C5H10NO4P.C2H6/c7-4(8)2-1-3(6-11)5(9)10;1-2/h3,6H,1-2,11H2,(H,7,8)(H,9,10);1-2H3. The molecule has 0 aliphatic rings. The molecule has 5 nitrogen and oxygen atoms in total. The number of nitrogens with one attached hydrogen (secondary N) is 1. The van der Waals surface area contributed by atoms with E-state index in [-0.39, 0.29) is 12.8 Å². The fourth-order valence-electron chi connectivity index (χ4n) is 0.546. The molecule has 0 aromatic rings. The maximum atomic E-state index is 10.3. The molecule has 0 radical (unpaired) electrons. The summed E-state index contributed by atoms with van der Waals surface area (Å²) in [5, 5.41) is 19.0. The van der Waals surface area contributed by atoms with Crippen LogP contribution in [0.2, 0.25) is 0 Å². The zero-order valence-electron chi connectivity index (χ0n) is 7.78. The third-order valence-corrected chi connectivity index (χ3v) is 1.55. The van der Waals surface area contributed by atoms with Crippen LogP contribution in [0.1, 0.15) is 26.7 Å². The Kier molecular flexibility index (Phi) is 10.7. The average molecular weight is 209 g/mol. The van der Waals surface area contributed by atoms with Crippen molar-refractivity contribution >= 4 is 21.3 Å². The number of carboxylic acid groups (broad SMARTS) is 2. The second kappa shape index (κ2) is 9.42. The number of carboxylic acids is 2. The molecule has 0 saturated carbocycles. The molecule has 0 amide bonds. The van der Waals surface area contributed by atoms with Crippen LogP contribution in [-0.2, 0) is 9.59 Å². The van der Waals surface area contributed by atoms with Gasteiger partial charge in [0.25, 0.3) is 0 Å². The summed E-state index contributed by atoms with van der Waals surface area (Å²) in [6.45, 7) is 4.00. The van der Waals surface area contributed by atoms with Crippen molar-refractivity contribution < 1.29 is 19.8 Å². The highest BCUT2D eigenvalue weighted by atomic mass is 31.0. The van der Waals surface area contributed by atoms with E-state index in [2.05, 4.69) is 5.09 Å². The van der Waals surface area contributed by atoms with Gasteiger partial charge in [0, 0.05) is 6.42 Å². The molecule has 2 atom stereocenters. The highest BCUT2D eigenvalue weighted by Crippen LogP contribution is 1.99. The van der Waals surface area contributed by atoms with E-state index in [0.29, 0.717) is 0 Å². The van der Waals surface area contributed by atoms with E-state index in [1.165, 1.54) is 0 Å². The van der Waals surface area contributed by atoms with E-state index in [1.54, 1.807) is 0 Å². The summed E-state index contributed by atoms with van der Waals surface area (Å²) in [5.41, 5.74) is 0. The minimum atomic E-state index is -1.04. The monoisotopic (exact) mass is 209 g/mol. The lowest BCUT2D eigenvalue weighted by Gasteiger charge is -2.07. The minimum Gasteiger partial charge on any atom is -0.481 e. The van der Waals surface area contributed by atoms with Gasteiger partial charge in [-0.25, -0.2) is 0 Å². The molecule has 78 valence electrons. The Balaban J connectivity index is 0. The second-order valence-corrected chi connectivity index (χ2v) is 2.32. The van der Waals surface area contributed by atoms with Crippen LogP contribution in [0.5, 0.6) is 0 Å². The van der Waals surface area contributed by atoms with Crippen molar-refractivity contribution in [3.05, 3.63) is 0 Å². The lowest BCUT2D eigenvalue weighted by Crippen LogP contribution is -2.30. The van der Waals surface area contributed by atoms with Crippen LogP contribution in [0.25, 0.3) is 0 Å². The highest BCUT2D eigenvalue weighted by Gasteiger charge is 2.15. The maximum absolute atomic E-state index is 10.3. The molecule has 2 unspecified atom stereocenters. The largest absolute Gasteiger partial charge is 0.481 e. The van der Waals surface area contributed by atoms with Gasteiger partial charge in [-0.3, -0.25) is 14.7 Å². The van der Waals surface area contributed by atoms with E-state index in [4.69, 9.17) is 10.2 Å². The number of rotatable bonds is 5. The topological polar surface area (TPSA) is 86.6 Å². The van der Waals surface area contributed by atoms with Crippen molar-refractivity contribution in [2.45, 2.75) is 32.7 Å². The Morgan fingerprint density at radius 1 is 1.38 bits per heavy atom. The summed E-state index contributed by atoms with van der Waals surface area (Å²) in [6, 6.07) is -0.795.